The molecule has 0 spiro atoms. The summed E-state index contributed by atoms with van der Waals surface area (Å²) in [6.45, 7) is 1.15. The molecule has 0 amide bonds. The standard InChI is InChI=1S/C14H19N/c1-2-5-11(4-1)13-8-7-12-6-3-9-15-14(12)10-13/h7-8,10-11,15H,1-6,9H2. The van der Waals surface area contributed by atoms with Gasteiger partial charge in [-0.1, -0.05) is 25.0 Å². The highest BCUT2D eigenvalue weighted by Gasteiger charge is 2.18. The molecule has 1 saturated carbocycles. The van der Waals surface area contributed by atoms with Gasteiger partial charge in [-0.2, -0.15) is 0 Å². The van der Waals surface area contributed by atoms with E-state index in [1.165, 1.54) is 49.8 Å². The van der Waals surface area contributed by atoms with Gasteiger partial charge in [0.05, 0.1) is 0 Å². The monoisotopic (exact) mass is 201 g/mol. The summed E-state index contributed by atoms with van der Waals surface area (Å²) in [4.78, 5) is 0. The molecule has 1 heterocycles. The number of rotatable bonds is 1. The molecule has 2 aliphatic rings. The van der Waals surface area contributed by atoms with Gasteiger partial charge in [-0.15, -0.1) is 0 Å². The van der Waals surface area contributed by atoms with Gasteiger partial charge < -0.3 is 5.32 Å². The van der Waals surface area contributed by atoms with E-state index in [4.69, 9.17) is 0 Å². The lowest BCUT2D eigenvalue weighted by molar-refractivity contribution is 0.721. The molecule has 0 aromatic heterocycles. The Morgan fingerprint density at radius 2 is 1.93 bits per heavy atom. The van der Waals surface area contributed by atoms with Crippen LogP contribution >= 0.6 is 0 Å². The summed E-state index contributed by atoms with van der Waals surface area (Å²) >= 11 is 0. The highest BCUT2D eigenvalue weighted by atomic mass is 14.9. The Morgan fingerprint density at radius 3 is 2.80 bits per heavy atom. The zero-order chi connectivity index (χ0) is 10.1. The fourth-order valence-electron chi connectivity index (χ4n) is 2.99. The van der Waals surface area contributed by atoms with Crippen molar-refractivity contribution in [2.45, 2.75) is 44.4 Å². The number of fused-ring (bicyclic) bond motifs is 1. The topological polar surface area (TPSA) is 12.0 Å². The highest BCUT2D eigenvalue weighted by molar-refractivity contribution is 5.55. The van der Waals surface area contributed by atoms with E-state index in [1.54, 1.807) is 5.56 Å². The van der Waals surface area contributed by atoms with Gasteiger partial charge in [-0.05, 0) is 48.8 Å². The molecule has 1 heteroatoms. The second-order valence-electron chi connectivity index (χ2n) is 4.93. The molecule has 1 N–H and O–H groups in total. The van der Waals surface area contributed by atoms with Gasteiger partial charge in [0.15, 0.2) is 0 Å². The maximum Gasteiger partial charge on any atom is 0.0375 e. The Hall–Kier alpha value is -0.980. The van der Waals surface area contributed by atoms with E-state index in [0.717, 1.165) is 12.5 Å². The van der Waals surface area contributed by atoms with Crippen LogP contribution in [0.2, 0.25) is 0 Å². The molecule has 0 radical (unpaired) electrons. The van der Waals surface area contributed by atoms with Crippen molar-refractivity contribution in [3.8, 4) is 0 Å². The van der Waals surface area contributed by atoms with Crippen LogP contribution in [0.15, 0.2) is 18.2 Å². The molecule has 15 heavy (non-hydrogen) atoms. The number of nitrogens with one attached hydrogen (secondary N) is 1. The third kappa shape index (κ3) is 1.75. The minimum Gasteiger partial charge on any atom is -0.385 e. The number of anilines is 1. The van der Waals surface area contributed by atoms with Crippen molar-refractivity contribution < 1.29 is 0 Å². The highest BCUT2D eigenvalue weighted by Crippen LogP contribution is 2.36. The van der Waals surface area contributed by atoms with Gasteiger partial charge in [-0.3, -0.25) is 0 Å². The number of aryl methyl sites for hydroxylation is 1. The third-order valence-corrected chi connectivity index (χ3v) is 3.90. The van der Waals surface area contributed by atoms with Gasteiger partial charge in [0.1, 0.15) is 0 Å². The molecular formula is C14H19N. The first-order valence-electron chi connectivity index (χ1n) is 6.30. The minimum atomic E-state index is 0.846. The molecule has 0 bridgehead atoms. The molecule has 1 aliphatic heterocycles. The lowest BCUT2D eigenvalue weighted by atomic mass is 9.93. The fraction of sp³-hybridized carbons (Fsp3) is 0.571. The van der Waals surface area contributed by atoms with Crippen LogP contribution in [0.25, 0.3) is 0 Å². The second-order valence-corrected chi connectivity index (χ2v) is 4.93. The van der Waals surface area contributed by atoms with Gasteiger partial charge in [-0.25, -0.2) is 0 Å². The smallest absolute Gasteiger partial charge is 0.0375 e. The maximum absolute atomic E-state index is 3.53. The molecule has 0 atom stereocenters. The average Bonchev–Trinajstić information content (AvgIpc) is 2.82. The van der Waals surface area contributed by atoms with Crippen molar-refractivity contribution in [1.82, 2.24) is 0 Å². The Morgan fingerprint density at radius 1 is 1.07 bits per heavy atom. The van der Waals surface area contributed by atoms with Crippen LogP contribution in [0.3, 0.4) is 0 Å². The Bertz CT molecular complexity index is 350. The van der Waals surface area contributed by atoms with E-state index in [-0.39, 0.29) is 0 Å². The van der Waals surface area contributed by atoms with Crippen molar-refractivity contribution in [2.75, 3.05) is 11.9 Å². The zero-order valence-electron chi connectivity index (χ0n) is 9.26. The molecule has 1 nitrogen and oxygen atoms in total. The molecule has 1 aromatic rings. The summed E-state index contributed by atoms with van der Waals surface area (Å²) in [5.74, 6) is 0.846. The molecule has 80 valence electrons. The summed E-state index contributed by atoms with van der Waals surface area (Å²) in [7, 11) is 0. The first-order valence-corrected chi connectivity index (χ1v) is 6.30. The van der Waals surface area contributed by atoms with E-state index in [0.29, 0.717) is 0 Å². The summed E-state index contributed by atoms with van der Waals surface area (Å²) in [6, 6.07) is 7.11. The van der Waals surface area contributed by atoms with Crippen molar-refractivity contribution in [1.29, 1.82) is 0 Å². The summed E-state index contributed by atoms with van der Waals surface area (Å²) < 4.78 is 0. The van der Waals surface area contributed by atoms with E-state index in [2.05, 4.69) is 23.5 Å². The van der Waals surface area contributed by atoms with Gasteiger partial charge in [0.2, 0.25) is 0 Å². The van der Waals surface area contributed by atoms with Gasteiger partial charge in [0, 0.05) is 12.2 Å². The van der Waals surface area contributed by atoms with Gasteiger partial charge >= 0.3 is 0 Å². The number of hydrogen-bond donors (Lipinski definition) is 1. The van der Waals surface area contributed by atoms with Crippen molar-refractivity contribution >= 4 is 5.69 Å². The Labute approximate surface area is 91.9 Å². The normalized spacial score (nSPS) is 21.1. The Balaban J connectivity index is 1.89. The molecular weight excluding hydrogens is 182 g/mol. The van der Waals surface area contributed by atoms with Crippen LogP contribution in [-0.4, -0.2) is 6.54 Å². The lowest BCUT2D eigenvalue weighted by Gasteiger charge is -2.20. The minimum absolute atomic E-state index is 0.846. The number of benzene rings is 1. The lowest BCUT2D eigenvalue weighted by Crippen LogP contribution is -2.12. The predicted octanol–water partition coefficient (Wildman–Crippen LogP) is 3.70. The van der Waals surface area contributed by atoms with E-state index < -0.39 is 0 Å². The van der Waals surface area contributed by atoms with Crippen LogP contribution in [0, 0.1) is 0 Å². The average molecular weight is 201 g/mol. The molecule has 0 unspecified atom stereocenters. The summed E-state index contributed by atoms with van der Waals surface area (Å²) in [5, 5.41) is 3.53. The first-order chi connectivity index (χ1) is 7.43. The van der Waals surface area contributed by atoms with Crippen LogP contribution < -0.4 is 5.32 Å². The predicted molar refractivity (Wildman–Crippen MR) is 64.5 cm³/mol. The molecule has 1 aromatic carbocycles. The van der Waals surface area contributed by atoms with Crippen LogP contribution in [0.1, 0.15) is 49.1 Å². The van der Waals surface area contributed by atoms with Crippen molar-refractivity contribution in [2.24, 2.45) is 0 Å². The fourth-order valence-corrected chi connectivity index (χ4v) is 2.99. The molecule has 1 fully saturated rings. The molecule has 1 aliphatic carbocycles. The first kappa shape index (κ1) is 9.26. The van der Waals surface area contributed by atoms with Crippen molar-refractivity contribution in [3.63, 3.8) is 0 Å². The summed E-state index contributed by atoms with van der Waals surface area (Å²) in [6.07, 6.45) is 8.20. The third-order valence-electron chi connectivity index (χ3n) is 3.90. The number of hydrogen-bond acceptors (Lipinski definition) is 1. The Kier molecular flexibility index (Phi) is 2.40. The van der Waals surface area contributed by atoms with Crippen molar-refractivity contribution in [3.05, 3.63) is 29.3 Å². The van der Waals surface area contributed by atoms with Crippen LogP contribution in [0.5, 0.6) is 0 Å². The zero-order valence-corrected chi connectivity index (χ0v) is 9.26. The SMILES string of the molecule is c1cc2c(cc1C1CCCC1)NCCC2. The van der Waals surface area contributed by atoms with Crippen LogP contribution in [0.4, 0.5) is 5.69 Å². The van der Waals surface area contributed by atoms with E-state index in [9.17, 15) is 0 Å². The van der Waals surface area contributed by atoms with Crippen LogP contribution in [-0.2, 0) is 6.42 Å². The van der Waals surface area contributed by atoms with E-state index in [1.807, 2.05) is 0 Å². The largest absolute Gasteiger partial charge is 0.385 e. The van der Waals surface area contributed by atoms with E-state index >= 15 is 0 Å². The van der Waals surface area contributed by atoms with Gasteiger partial charge in [0.25, 0.3) is 0 Å². The summed E-state index contributed by atoms with van der Waals surface area (Å²) in [5.41, 5.74) is 4.49. The molecule has 0 saturated heterocycles. The maximum atomic E-state index is 3.53. The second kappa shape index (κ2) is 3.88. The quantitative estimate of drug-likeness (QED) is 0.730. The molecule has 3 rings (SSSR count).